The Morgan fingerprint density at radius 3 is 1.35 bits per heavy atom. The third-order valence-electron chi connectivity index (χ3n) is 10.1. The zero-order valence-corrected chi connectivity index (χ0v) is 38.7. The van der Waals surface area contributed by atoms with E-state index in [4.69, 9.17) is 22.3 Å². The maximum Gasteiger partial charge on any atom is 0.255 e. The van der Waals surface area contributed by atoms with Gasteiger partial charge in [0.05, 0.1) is 11.4 Å². The lowest BCUT2D eigenvalue weighted by Gasteiger charge is -2.23. The van der Waals surface area contributed by atoms with Crippen LogP contribution in [-0.2, 0) is 9.59 Å². The van der Waals surface area contributed by atoms with Gasteiger partial charge in [0, 0.05) is 90.9 Å². The third-order valence-corrected chi connectivity index (χ3v) is 10.1. The molecule has 346 valence electrons. The number of aliphatic imine (C=N–C) groups is 2. The molecule has 0 unspecified atom stereocenters. The standard InChI is InChI=1S/C25H30N4O2.C24H29N5O2.CH4O.ClH/c1-3-5-14-29(13-4-2)25(31)20-15-18-11-12-19(16-22(18)28-23(26)17-20)24(30)27-21-9-7-6-8-10-21;1-2-12-29(13-6-11-25)24(31)19-14-17-9-10-18(15-21(17)28-22(26)16-19)23(30)27-20-7-4-3-5-8-20;1-2;/h6-12,15-16H,3-5,13-14,17H2,1-2H3,(H2,26,28)(H,27,30);3-5,7-10,14-15H,2,6,11-13,16,25H2,1H3,(H2,26,28)(H,27,30);2H,1H3;1H. The molecule has 15 heteroatoms. The molecule has 2 heterocycles. The highest BCUT2D eigenvalue weighted by atomic mass is 35.5. The Morgan fingerprint density at radius 1 is 0.585 bits per heavy atom. The molecule has 0 atom stereocenters. The highest BCUT2D eigenvalue weighted by Gasteiger charge is 2.23. The second-order valence-corrected chi connectivity index (χ2v) is 15.2. The summed E-state index contributed by atoms with van der Waals surface area (Å²) in [6.45, 7) is 9.50. The molecule has 0 fully saturated rings. The first-order valence-electron chi connectivity index (χ1n) is 21.8. The van der Waals surface area contributed by atoms with E-state index in [9.17, 15) is 19.2 Å². The predicted molar refractivity (Wildman–Crippen MR) is 267 cm³/mol. The number of anilines is 2. The average Bonchev–Trinajstić information content (AvgIpc) is 3.59. The minimum absolute atomic E-state index is 0. The van der Waals surface area contributed by atoms with Crippen molar-refractivity contribution in [1.29, 1.82) is 0 Å². The zero-order chi connectivity index (χ0) is 46.4. The maximum atomic E-state index is 13.2. The van der Waals surface area contributed by atoms with E-state index < -0.39 is 0 Å². The first-order valence-corrected chi connectivity index (χ1v) is 21.8. The Labute approximate surface area is 389 Å². The highest BCUT2D eigenvalue weighted by molar-refractivity contribution is 6.09. The van der Waals surface area contributed by atoms with E-state index in [0.717, 1.165) is 69.1 Å². The van der Waals surface area contributed by atoms with Gasteiger partial charge in [-0.3, -0.25) is 19.2 Å². The van der Waals surface area contributed by atoms with Crippen LogP contribution in [-0.4, -0.2) is 90.0 Å². The molecule has 2 aliphatic rings. The predicted octanol–water partition coefficient (Wildman–Crippen LogP) is 8.09. The number of carbonyl (C=O) groups is 4. The SMILES string of the molecule is CCCCN(CCC)C(=O)C1=Cc2ccc(C(=O)Nc3ccccc3)cc2N=C(N)C1.CCCN(CCCN)C(=O)C1=Cc2ccc(C(=O)Nc3ccccc3)cc2N=C(N)C1.CO.Cl. The summed E-state index contributed by atoms with van der Waals surface area (Å²) in [6, 6.07) is 29.0. The summed E-state index contributed by atoms with van der Waals surface area (Å²) in [7, 11) is 1.00. The Morgan fingerprint density at radius 2 is 0.985 bits per heavy atom. The smallest absolute Gasteiger partial charge is 0.255 e. The zero-order valence-electron chi connectivity index (χ0n) is 37.9. The van der Waals surface area contributed by atoms with E-state index in [1.165, 1.54) is 0 Å². The maximum absolute atomic E-state index is 13.2. The molecule has 4 aromatic carbocycles. The van der Waals surface area contributed by atoms with Gasteiger partial charge >= 0.3 is 0 Å². The van der Waals surface area contributed by atoms with Gasteiger partial charge in [0.2, 0.25) is 11.8 Å². The monoisotopic (exact) mass is 905 g/mol. The third kappa shape index (κ3) is 15.9. The Bertz CT molecular complexity index is 2170. The molecular formula is C50H64ClN9O5. The van der Waals surface area contributed by atoms with Gasteiger partial charge in [-0.2, -0.15) is 0 Å². The van der Waals surface area contributed by atoms with Crippen molar-refractivity contribution in [1.82, 2.24) is 9.80 Å². The lowest BCUT2D eigenvalue weighted by atomic mass is 10.0. The first kappa shape index (κ1) is 52.7. The van der Waals surface area contributed by atoms with Gasteiger partial charge in [-0.25, -0.2) is 9.98 Å². The number of halogens is 1. The van der Waals surface area contributed by atoms with Crippen molar-refractivity contribution in [2.45, 2.75) is 65.7 Å². The number of benzene rings is 4. The summed E-state index contributed by atoms with van der Waals surface area (Å²) in [6.07, 6.45) is 8.77. The van der Waals surface area contributed by atoms with Crippen LogP contribution in [0.5, 0.6) is 0 Å². The van der Waals surface area contributed by atoms with Gasteiger partial charge in [-0.15, -0.1) is 12.4 Å². The van der Waals surface area contributed by atoms with Crippen LogP contribution in [0.4, 0.5) is 22.7 Å². The molecule has 4 amide bonds. The molecule has 0 bridgehead atoms. The summed E-state index contributed by atoms with van der Waals surface area (Å²) < 4.78 is 0. The number of fused-ring (bicyclic) bond motifs is 2. The molecule has 0 spiro atoms. The van der Waals surface area contributed by atoms with Crippen molar-refractivity contribution in [3.63, 3.8) is 0 Å². The van der Waals surface area contributed by atoms with Gasteiger partial charge in [0.15, 0.2) is 0 Å². The number of aliphatic hydroxyl groups excluding tert-OH is 1. The number of hydrogen-bond donors (Lipinski definition) is 6. The molecule has 0 aliphatic carbocycles. The number of carbonyl (C=O) groups excluding carboxylic acids is 4. The van der Waals surface area contributed by atoms with E-state index in [1.54, 1.807) is 30.3 Å². The van der Waals surface area contributed by atoms with E-state index in [2.05, 4.69) is 34.5 Å². The first-order chi connectivity index (χ1) is 31.0. The summed E-state index contributed by atoms with van der Waals surface area (Å²) in [5.41, 5.74) is 24.2. The number of para-hydroxylation sites is 2. The molecule has 0 radical (unpaired) electrons. The fourth-order valence-electron chi connectivity index (χ4n) is 6.99. The van der Waals surface area contributed by atoms with Crippen molar-refractivity contribution in [2.24, 2.45) is 27.2 Å². The Kier molecular flexibility index (Phi) is 22.3. The van der Waals surface area contributed by atoms with Gasteiger partial charge in [-0.1, -0.05) is 75.7 Å². The van der Waals surface area contributed by atoms with Gasteiger partial charge in [0.25, 0.3) is 11.8 Å². The number of unbranched alkanes of at least 4 members (excludes halogenated alkanes) is 1. The number of nitrogens with two attached hydrogens (primary N) is 3. The van der Waals surface area contributed by atoms with E-state index in [1.807, 2.05) is 95.6 Å². The van der Waals surface area contributed by atoms with Crippen molar-refractivity contribution in [3.8, 4) is 0 Å². The number of aliphatic hydroxyl groups is 1. The average molecular weight is 907 g/mol. The molecule has 4 aromatic rings. The van der Waals surface area contributed by atoms with Crippen molar-refractivity contribution < 1.29 is 24.3 Å². The van der Waals surface area contributed by atoms with Crippen LogP contribution in [0.1, 0.15) is 97.6 Å². The molecule has 9 N–H and O–H groups in total. The fourth-order valence-corrected chi connectivity index (χ4v) is 6.99. The van der Waals surface area contributed by atoms with Gasteiger partial charge < -0.3 is 42.7 Å². The van der Waals surface area contributed by atoms with Crippen LogP contribution < -0.4 is 27.8 Å². The number of amidine groups is 2. The molecule has 0 saturated heterocycles. The number of rotatable bonds is 16. The molecule has 65 heavy (non-hydrogen) atoms. The summed E-state index contributed by atoms with van der Waals surface area (Å²) in [4.78, 5) is 64.2. The second-order valence-electron chi connectivity index (χ2n) is 15.2. The number of hydrogen-bond acceptors (Lipinski definition) is 10. The van der Waals surface area contributed by atoms with E-state index in [-0.39, 0.29) is 42.5 Å². The van der Waals surface area contributed by atoms with Crippen LogP contribution in [0, 0.1) is 0 Å². The van der Waals surface area contributed by atoms with Crippen LogP contribution in [0.2, 0.25) is 0 Å². The minimum atomic E-state index is -0.233. The molecule has 0 aromatic heterocycles. The summed E-state index contributed by atoms with van der Waals surface area (Å²) in [5, 5.41) is 12.7. The number of nitrogens with zero attached hydrogens (tertiary/aromatic N) is 4. The Hall–Kier alpha value is -6.61. The quantitative estimate of drug-likeness (QED) is 0.0643. The Balaban J connectivity index is 0.000000328. The van der Waals surface area contributed by atoms with Gasteiger partial charge in [-0.05, 0) is 92.9 Å². The van der Waals surface area contributed by atoms with Crippen molar-refractivity contribution in [2.75, 3.05) is 50.5 Å². The second kappa shape index (κ2) is 27.5. The van der Waals surface area contributed by atoms with E-state index >= 15 is 0 Å². The lowest BCUT2D eigenvalue weighted by molar-refractivity contribution is -0.128. The van der Waals surface area contributed by atoms with Crippen LogP contribution in [0.25, 0.3) is 12.2 Å². The van der Waals surface area contributed by atoms with E-state index in [0.29, 0.717) is 77.1 Å². The highest BCUT2D eigenvalue weighted by Crippen LogP contribution is 2.30. The van der Waals surface area contributed by atoms with Crippen LogP contribution in [0.3, 0.4) is 0 Å². The number of nitrogens with one attached hydrogen (secondary N) is 2. The van der Waals surface area contributed by atoms with Crippen LogP contribution >= 0.6 is 12.4 Å². The lowest BCUT2D eigenvalue weighted by Crippen LogP contribution is -2.35. The summed E-state index contributed by atoms with van der Waals surface area (Å²) >= 11 is 0. The molecule has 6 rings (SSSR count). The largest absolute Gasteiger partial charge is 0.400 e. The number of amides is 4. The summed E-state index contributed by atoms with van der Waals surface area (Å²) in [5.74, 6) is 0.212. The molecular weight excluding hydrogens is 842 g/mol. The molecule has 0 saturated carbocycles. The molecule has 2 aliphatic heterocycles. The van der Waals surface area contributed by atoms with Crippen LogP contribution in [0.15, 0.2) is 118 Å². The molecule has 14 nitrogen and oxygen atoms in total. The minimum Gasteiger partial charge on any atom is -0.400 e. The van der Waals surface area contributed by atoms with Crippen molar-refractivity contribution >= 4 is 82.6 Å². The van der Waals surface area contributed by atoms with Crippen molar-refractivity contribution in [3.05, 3.63) is 130 Å². The van der Waals surface area contributed by atoms with Gasteiger partial charge in [0.1, 0.15) is 11.7 Å². The topological polar surface area (TPSA) is 222 Å². The fraction of sp³-hybridized carbons (Fsp3) is 0.320. The normalized spacial score (nSPS) is 12.3.